The molecule has 2 heterocycles. The summed E-state index contributed by atoms with van der Waals surface area (Å²) in [5.41, 5.74) is 3.34. The van der Waals surface area contributed by atoms with Crippen molar-refractivity contribution in [3.8, 4) is 0 Å². The summed E-state index contributed by atoms with van der Waals surface area (Å²) in [5.74, 6) is -0.0738. The largest absolute Gasteiger partial charge is 0.451 e. The molecule has 4 aromatic rings. The number of amides is 2. The van der Waals surface area contributed by atoms with E-state index in [-0.39, 0.29) is 29.4 Å². The van der Waals surface area contributed by atoms with Gasteiger partial charge in [0.25, 0.3) is 5.91 Å². The van der Waals surface area contributed by atoms with Crippen molar-refractivity contribution in [3.63, 3.8) is 0 Å². The van der Waals surface area contributed by atoms with Gasteiger partial charge in [-0.25, -0.2) is 0 Å². The third-order valence-electron chi connectivity index (χ3n) is 6.69. The molecule has 178 valence electrons. The van der Waals surface area contributed by atoms with Gasteiger partial charge in [-0.3, -0.25) is 9.59 Å². The van der Waals surface area contributed by atoms with Crippen molar-refractivity contribution in [2.24, 2.45) is 0 Å². The fraction of sp³-hybridized carbons (Fsp3) is 0.241. The Morgan fingerprint density at radius 3 is 2.31 bits per heavy atom. The Morgan fingerprint density at radius 2 is 1.57 bits per heavy atom. The lowest BCUT2D eigenvalue weighted by molar-refractivity contribution is -0.121. The zero-order chi connectivity index (χ0) is 24.1. The molecule has 1 fully saturated rings. The fourth-order valence-electron chi connectivity index (χ4n) is 4.63. The predicted octanol–water partition coefficient (Wildman–Crippen LogP) is 5.09. The highest BCUT2D eigenvalue weighted by Crippen LogP contribution is 2.34. The maximum absolute atomic E-state index is 12.7. The zero-order valence-electron chi connectivity index (χ0n) is 19.5. The molecule has 1 aromatic heterocycles. The molecule has 0 radical (unpaired) electrons. The summed E-state index contributed by atoms with van der Waals surface area (Å²) in [6.45, 7) is 1.99. The third-order valence-corrected chi connectivity index (χ3v) is 6.69. The Bertz CT molecular complexity index is 1270. The summed E-state index contributed by atoms with van der Waals surface area (Å²) < 4.78 is 11.2. The summed E-state index contributed by atoms with van der Waals surface area (Å²) >= 11 is 0. The van der Waals surface area contributed by atoms with Gasteiger partial charge in [0.2, 0.25) is 5.91 Å². The van der Waals surface area contributed by atoms with Crippen LogP contribution in [0.15, 0.2) is 89.3 Å². The van der Waals surface area contributed by atoms with Crippen LogP contribution in [0.1, 0.15) is 34.5 Å². The number of anilines is 1. The van der Waals surface area contributed by atoms with Crippen molar-refractivity contribution in [1.82, 2.24) is 5.32 Å². The van der Waals surface area contributed by atoms with Crippen LogP contribution in [-0.2, 0) is 21.4 Å². The smallest absolute Gasteiger partial charge is 0.291 e. The quantitative estimate of drug-likeness (QED) is 0.396. The minimum atomic E-state index is -0.311. The first-order valence-corrected chi connectivity index (χ1v) is 11.9. The standard InChI is InChI=1S/C29H28N2O4/c32-27(30-20-29(14-16-34-17-15-29)23-7-2-1-3-8-23)18-21-10-12-24(13-11-21)31-28(33)26-19-22-6-4-5-9-25(22)35-26/h1-13,19H,14-18,20H2,(H,30,32)(H,31,33). The fourth-order valence-corrected chi connectivity index (χ4v) is 4.63. The molecule has 3 aromatic carbocycles. The van der Waals surface area contributed by atoms with Gasteiger partial charge in [0, 0.05) is 36.2 Å². The van der Waals surface area contributed by atoms with Crippen molar-refractivity contribution in [3.05, 3.63) is 102 Å². The molecule has 6 heteroatoms. The molecular formula is C29H28N2O4. The van der Waals surface area contributed by atoms with E-state index in [2.05, 4.69) is 22.8 Å². The first kappa shape index (κ1) is 22.9. The number of benzene rings is 3. The molecule has 0 saturated carbocycles. The number of fused-ring (bicyclic) bond motifs is 1. The first-order valence-electron chi connectivity index (χ1n) is 11.9. The number of carbonyl (C=O) groups excluding carboxylic acids is 2. The van der Waals surface area contributed by atoms with Gasteiger partial charge in [0.05, 0.1) is 6.42 Å². The number of nitrogens with one attached hydrogen (secondary N) is 2. The lowest BCUT2D eigenvalue weighted by Crippen LogP contribution is -2.45. The van der Waals surface area contributed by atoms with Gasteiger partial charge in [-0.15, -0.1) is 0 Å². The predicted molar refractivity (Wildman–Crippen MR) is 135 cm³/mol. The number of hydrogen-bond donors (Lipinski definition) is 2. The summed E-state index contributed by atoms with van der Waals surface area (Å²) in [4.78, 5) is 25.3. The molecule has 5 rings (SSSR count). The van der Waals surface area contributed by atoms with Gasteiger partial charge < -0.3 is 19.8 Å². The minimum Gasteiger partial charge on any atom is -0.451 e. The van der Waals surface area contributed by atoms with Crippen molar-refractivity contribution in [2.45, 2.75) is 24.7 Å². The SMILES string of the molecule is O=C(Cc1ccc(NC(=O)c2cc3ccccc3o2)cc1)NCC1(c2ccccc2)CCOCC1. The van der Waals surface area contributed by atoms with Crippen molar-refractivity contribution < 1.29 is 18.7 Å². The molecule has 0 spiro atoms. The molecule has 0 aliphatic carbocycles. The van der Waals surface area contributed by atoms with Crippen LogP contribution < -0.4 is 10.6 Å². The van der Waals surface area contributed by atoms with E-state index < -0.39 is 0 Å². The van der Waals surface area contributed by atoms with Crippen LogP contribution in [0.3, 0.4) is 0 Å². The number of hydrogen-bond acceptors (Lipinski definition) is 4. The van der Waals surface area contributed by atoms with E-state index >= 15 is 0 Å². The summed E-state index contributed by atoms with van der Waals surface area (Å²) in [5, 5.41) is 6.87. The molecule has 1 aliphatic heterocycles. The average molecular weight is 469 g/mol. The van der Waals surface area contributed by atoms with Gasteiger partial charge in [-0.2, -0.15) is 0 Å². The van der Waals surface area contributed by atoms with Gasteiger partial charge in [0.1, 0.15) is 5.58 Å². The Kier molecular flexibility index (Phi) is 6.64. The van der Waals surface area contributed by atoms with E-state index in [0.29, 0.717) is 31.0 Å². The molecule has 35 heavy (non-hydrogen) atoms. The number of carbonyl (C=O) groups is 2. The van der Waals surface area contributed by atoms with E-state index in [0.717, 1.165) is 23.8 Å². The monoisotopic (exact) mass is 468 g/mol. The van der Waals surface area contributed by atoms with E-state index in [1.165, 1.54) is 5.56 Å². The van der Waals surface area contributed by atoms with Crippen LogP contribution in [0.25, 0.3) is 11.0 Å². The second kappa shape index (κ2) is 10.2. The van der Waals surface area contributed by atoms with Crippen molar-refractivity contribution >= 4 is 28.5 Å². The molecule has 0 bridgehead atoms. The lowest BCUT2D eigenvalue weighted by atomic mass is 9.74. The van der Waals surface area contributed by atoms with Crippen molar-refractivity contribution in [2.75, 3.05) is 25.1 Å². The van der Waals surface area contributed by atoms with Crippen LogP contribution in [0, 0.1) is 0 Å². The number of ether oxygens (including phenoxy) is 1. The molecule has 2 N–H and O–H groups in total. The van der Waals surface area contributed by atoms with Gasteiger partial charge >= 0.3 is 0 Å². The summed E-state index contributed by atoms with van der Waals surface area (Å²) in [6, 6.07) is 26.9. The molecule has 1 saturated heterocycles. The minimum absolute atomic E-state index is 0.0224. The van der Waals surface area contributed by atoms with Crippen LogP contribution in [-0.4, -0.2) is 31.6 Å². The topological polar surface area (TPSA) is 80.6 Å². The third kappa shape index (κ3) is 5.28. The Hall–Kier alpha value is -3.90. The zero-order valence-corrected chi connectivity index (χ0v) is 19.5. The first-order chi connectivity index (χ1) is 17.1. The molecule has 0 atom stereocenters. The van der Waals surface area contributed by atoms with E-state index in [1.807, 2.05) is 54.6 Å². The molecule has 6 nitrogen and oxygen atoms in total. The van der Waals surface area contributed by atoms with E-state index in [4.69, 9.17) is 9.15 Å². The average Bonchev–Trinajstić information content (AvgIpc) is 3.34. The Labute approximate surface area is 204 Å². The normalized spacial score (nSPS) is 15.0. The summed E-state index contributed by atoms with van der Waals surface area (Å²) in [6.07, 6.45) is 2.05. The van der Waals surface area contributed by atoms with E-state index in [9.17, 15) is 9.59 Å². The molecule has 2 amide bonds. The highest BCUT2D eigenvalue weighted by atomic mass is 16.5. The maximum Gasteiger partial charge on any atom is 0.291 e. The second-order valence-electron chi connectivity index (χ2n) is 9.01. The van der Waals surface area contributed by atoms with Crippen molar-refractivity contribution in [1.29, 1.82) is 0 Å². The Balaban J connectivity index is 1.17. The Morgan fingerprint density at radius 1 is 0.857 bits per heavy atom. The molecular weight excluding hydrogens is 440 g/mol. The van der Waals surface area contributed by atoms with Crippen LogP contribution in [0.5, 0.6) is 0 Å². The number of furan rings is 1. The van der Waals surface area contributed by atoms with Gasteiger partial charge in [0.15, 0.2) is 5.76 Å². The number of para-hydroxylation sites is 1. The molecule has 0 unspecified atom stereocenters. The highest BCUT2D eigenvalue weighted by Gasteiger charge is 2.34. The van der Waals surface area contributed by atoms with Gasteiger partial charge in [-0.05, 0) is 48.2 Å². The van der Waals surface area contributed by atoms with Crippen LogP contribution in [0.2, 0.25) is 0 Å². The van der Waals surface area contributed by atoms with E-state index in [1.54, 1.807) is 18.2 Å². The van der Waals surface area contributed by atoms with Crippen LogP contribution >= 0.6 is 0 Å². The molecule has 1 aliphatic rings. The lowest BCUT2D eigenvalue weighted by Gasteiger charge is -2.38. The number of rotatable bonds is 7. The van der Waals surface area contributed by atoms with Crippen LogP contribution in [0.4, 0.5) is 5.69 Å². The summed E-state index contributed by atoms with van der Waals surface area (Å²) in [7, 11) is 0. The second-order valence-corrected chi connectivity index (χ2v) is 9.01. The highest BCUT2D eigenvalue weighted by molar-refractivity contribution is 6.04. The van der Waals surface area contributed by atoms with Gasteiger partial charge in [-0.1, -0.05) is 60.7 Å². The maximum atomic E-state index is 12.7.